The summed E-state index contributed by atoms with van der Waals surface area (Å²) in [5, 5.41) is 0. The Morgan fingerprint density at radius 3 is 2.27 bits per heavy atom. The van der Waals surface area contributed by atoms with E-state index in [1.165, 1.54) is 25.7 Å². The van der Waals surface area contributed by atoms with Gasteiger partial charge in [0, 0.05) is 12.1 Å². The van der Waals surface area contributed by atoms with Crippen molar-refractivity contribution in [2.75, 3.05) is 6.54 Å². The second-order valence-electron chi connectivity index (χ2n) is 5.81. The number of amides is 1. The summed E-state index contributed by atoms with van der Waals surface area (Å²) in [4.78, 5) is 13.9. The number of hydrogen-bond donors (Lipinski definition) is 0. The SMILES string of the molecule is CC(C)(C)OC(=O)N1CCCC12CCC2. The Kier molecular flexibility index (Phi) is 2.44. The number of carbonyl (C=O) groups excluding carboxylic acids is 1. The van der Waals surface area contributed by atoms with Gasteiger partial charge in [-0.3, -0.25) is 0 Å². The molecule has 1 saturated carbocycles. The molecule has 86 valence electrons. The molecular weight excluding hydrogens is 190 g/mol. The summed E-state index contributed by atoms with van der Waals surface area (Å²) in [5.41, 5.74) is -0.188. The van der Waals surface area contributed by atoms with Crippen molar-refractivity contribution in [3.63, 3.8) is 0 Å². The second kappa shape index (κ2) is 3.39. The Morgan fingerprint density at radius 1 is 1.20 bits per heavy atom. The van der Waals surface area contributed by atoms with Gasteiger partial charge in [0.25, 0.3) is 0 Å². The van der Waals surface area contributed by atoms with Crippen LogP contribution in [0.4, 0.5) is 4.79 Å². The van der Waals surface area contributed by atoms with Crippen LogP contribution >= 0.6 is 0 Å². The maximum atomic E-state index is 12.0. The molecule has 0 N–H and O–H groups in total. The molecule has 2 aliphatic rings. The molecule has 1 saturated heterocycles. The molecule has 1 aliphatic carbocycles. The van der Waals surface area contributed by atoms with Crippen molar-refractivity contribution in [2.24, 2.45) is 0 Å². The van der Waals surface area contributed by atoms with Crippen molar-refractivity contribution in [3.05, 3.63) is 0 Å². The van der Waals surface area contributed by atoms with E-state index in [-0.39, 0.29) is 17.2 Å². The first-order valence-corrected chi connectivity index (χ1v) is 5.94. The van der Waals surface area contributed by atoms with Gasteiger partial charge in [-0.2, -0.15) is 0 Å². The molecule has 3 heteroatoms. The highest BCUT2D eigenvalue weighted by Crippen LogP contribution is 2.45. The molecule has 0 bridgehead atoms. The van der Waals surface area contributed by atoms with Crippen molar-refractivity contribution < 1.29 is 9.53 Å². The average Bonchev–Trinajstić information content (AvgIpc) is 2.42. The van der Waals surface area contributed by atoms with Crippen LogP contribution in [0, 0.1) is 0 Å². The number of nitrogens with zero attached hydrogens (tertiary/aromatic N) is 1. The minimum absolute atomic E-state index is 0.111. The van der Waals surface area contributed by atoms with Crippen molar-refractivity contribution in [3.8, 4) is 0 Å². The zero-order chi connectivity index (χ0) is 11.1. The van der Waals surface area contributed by atoms with E-state index < -0.39 is 0 Å². The number of carbonyl (C=O) groups is 1. The van der Waals surface area contributed by atoms with Crippen LogP contribution in [0.2, 0.25) is 0 Å². The highest BCUT2D eigenvalue weighted by molar-refractivity contribution is 5.70. The molecular formula is C12H21NO2. The Labute approximate surface area is 91.8 Å². The van der Waals surface area contributed by atoms with E-state index in [4.69, 9.17) is 4.74 Å². The van der Waals surface area contributed by atoms with Crippen LogP contribution in [0.5, 0.6) is 0 Å². The lowest BCUT2D eigenvalue weighted by Crippen LogP contribution is -2.53. The van der Waals surface area contributed by atoms with E-state index in [0.717, 1.165) is 13.0 Å². The molecule has 2 rings (SSSR count). The summed E-state index contributed by atoms with van der Waals surface area (Å²) >= 11 is 0. The smallest absolute Gasteiger partial charge is 0.410 e. The summed E-state index contributed by atoms with van der Waals surface area (Å²) < 4.78 is 5.44. The molecule has 0 aromatic heterocycles. The van der Waals surface area contributed by atoms with Gasteiger partial charge in [-0.05, 0) is 52.9 Å². The van der Waals surface area contributed by atoms with E-state index in [9.17, 15) is 4.79 Å². The highest BCUT2D eigenvalue weighted by atomic mass is 16.6. The molecule has 2 fully saturated rings. The Morgan fingerprint density at radius 2 is 1.80 bits per heavy atom. The van der Waals surface area contributed by atoms with E-state index in [1.54, 1.807) is 0 Å². The van der Waals surface area contributed by atoms with Gasteiger partial charge in [0.15, 0.2) is 0 Å². The zero-order valence-corrected chi connectivity index (χ0v) is 10.0. The molecule has 0 radical (unpaired) electrons. The van der Waals surface area contributed by atoms with Gasteiger partial charge < -0.3 is 9.64 Å². The molecule has 0 atom stereocenters. The third-order valence-electron chi connectivity index (χ3n) is 3.49. The molecule has 1 spiro atoms. The van der Waals surface area contributed by atoms with Crippen LogP contribution in [0.1, 0.15) is 52.9 Å². The summed E-state index contributed by atoms with van der Waals surface area (Å²) in [5.74, 6) is 0. The highest BCUT2D eigenvalue weighted by Gasteiger charge is 2.48. The predicted molar refractivity (Wildman–Crippen MR) is 58.8 cm³/mol. The zero-order valence-electron chi connectivity index (χ0n) is 10.0. The number of rotatable bonds is 0. The molecule has 0 unspecified atom stereocenters. The van der Waals surface area contributed by atoms with Crippen molar-refractivity contribution in [2.45, 2.75) is 64.0 Å². The monoisotopic (exact) mass is 211 g/mol. The van der Waals surface area contributed by atoms with Gasteiger partial charge in [0.2, 0.25) is 0 Å². The molecule has 0 aromatic rings. The molecule has 0 aromatic carbocycles. The van der Waals surface area contributed by atoms with Gasteiger partial charge >= 0.3 is 6.09 Å². The van der Waals surface area contributed by atoms with Crippen LogP contribution in [-0.4, -0.2) is 28.7 Å². The van der Waals surface area contributed by atoms with Crippen molar-refractivity contribution in [1.82, 2.24) is 4.90 Å². The summed E-state index contributed by atoms with van der Waals surface area (Å²) in [7, 11) is 0. The first-order chi connectivity index (χ1) is 6.93. The fourth-order valence-electron chi connectivity index (χ4n) is 2.65. The largest absolute Gasteiger partial charge is 0.444 e. The van der Waals surface area contributed by atoms with Gasteiger partial charge in [-0.15, -0.1) is 0 Å². The fourth-order valence-corrected chi connectivity index (χ4v) is 2.65. The van der Waals surface area contributed by atoms with Crippen LogP contribution in [0.25, 0.3) is 0 Å². The molecule has 1 heterocycles. The van der Waals surface area contributed by atoms with E-state index in [0.29, 0.717) is 0 Å². The van der Waals surface area contributed by atoms with Crippen LogP contribution in [0.3, 0.4) is 0 Å². The molecule has 1 aliphatic heterocycles. The fraction of sp³-hybridized carbons (Fsp3) is 0.917. The van der Waals surface area contributed by atoms with E-state index in [1.807, 2.05) is 25.7 Å². The lowest BCUT2D eigenvalue weighted by Gasteiger charge is -2.45. The topological polar surface area (TPSA) is 29.5 Å². The predicted octanol–water partition coefficient (Wildman–Crippen LogP) is 2.94. The van der Waals surface area contributed by atoms with Crippen LogP contribution < -0.4 is 0 Å². The third kappa shape index (κ3) is 1.97. The Bertz CT molecular complexity index is 263. The standard InChI is InChI=1S/C12H21NO2/c1-11(2,3)15-10(14)13-9-5-8-12(13)6-4-7-12/h4-9H2,1-3H3. The molecule has 1 amide bonds. The normalized spacial score (nSPS) is 24.1. The Hall–Kier alpha value is -0.730. The van der Waals surface area contributed by atoms with Gasteiger partial charge in [0.1, 0.15) is 5.60 Å². The Balaban J connectivity index is 2.01. The minimum atomic E-state index is -0.370. The lowest BCUT2D eigenvalue weighted by molar-refractivity contribution is -0.00977. The second-order valence-corrected chi connectivity index (χ2v) is 5.81. The van der Waals surface area contributed by atoms with E-state index >= 15 is 0 Å². The number of likely N-dealkylation sites (tertiary alicyclic amines) is 1. The summed E-state index contributed by atoms with van der Waals surface area (Å²) in [6.45, 7) is 6.66. The quantitative estimate of drug-likeness (QED) is 0.616. The number of ether oxygens (including phenoxy) is 1. The van der Waals surface area contributed by atoms with Crippen LogP contribution in [-0.2, 0) is 4.74 Å². The first kappa shape index (κ1) is 10.8. The maximum absolute atomic E-state index is 12.0. The van der Waals surface area contributed by atoms with E-state index in [2.05, 4.69) is 0 Å². The molecule has 15 heavy (non-hydrogen) atoms. The van der Waals surface area contributed by atoms with Gasteiger partial charge in [-0.1, -0.05) is 0 Å². The van der Waals surface area contributed by atoms with Crippen molar-refractivity contribution in [1.29, 1.82) is 0 Å². The number of hydrogen-bond acceptors (Lipinski definition) is 2. The summed E-state index contributed by atoms with van der Waals surface area (Å²) in [6.07, 6.45) is 5.81. The molecule has 3 nitrogen and oxygen atoms in total. The summed E-state index contributed by atoms with van der Waals surface area (Å²) in [6, 6.07) is 0. The average molecular weight is 211 g/mol. The lowest BCUT2D eigenvalue weighted by atomic mass is 9.75. The van der Waals surface area contributed by atoms with Crippen LogP contribution in [0.15, 0.2) is 0 Å². The maximum Gasteiger partial charge on any atom is 0.410 e. The van der Waals surface area contributed by atoms with Crippen molar-refractivity contribution >= 4 is 6.09 Å². The first-order valence-electron chi connectivity index (χ1n) is 5.94. The van der Waals surface area contributed by atoms with Gasteiger partial charge in [0.05, 0.1) is 0 Å². The van der Waals surface area contributed by atoms with Gasteiger partial charge in [-0.25, -0.2) is 4.79 Å². The minimum Gasteiger partial charge on any atom is -0.444 e. The third-order valence-corrected chi connectivity index (χ3v) is 3.49.